The van der Waals surface area contributed by atoms with E-state index in [-0.39, 0.29) is 30.6 Å². The van der Waals surface area contributed by atoms with Gasteiger partial charge in [-0.25, -0.2) is 14.2 Å². The van der Waals surface area contributed by atoms with Gasteiger partial charge >= 0.3 is 0 Å². The molecule has 1 saturated carbocycles. The van der Waals surface area contributed by atoms with Crippen LogP contribution in [0, 0.1) is 17.6 Å². The Morgan fingerprint density at radius 2 is 1.88 bits per heavy atom. The summed E-state index contributed by atoms with van der Waals surface area (Å²) >= 11 is 0. The van der Waals surface area contributed by atoms with Gasteiger partial charge < -0.3 is 10.6 Å². The van der Waals surface area contributed by atoms with Crippen molar-refractivity contribution >= 4 is 11.8 Å². The highest BCUT2D eigenvalue weighted by molar-refractivity contribution is 5.94. The average molecular weight is 338 g/mol. The molecule has 8 heteroatoms. The summed E-state index contributed by atoms with van der Waals surface area (Å²) in [6, 6.07) is 2.84. The van der Waals surface area contributed by atoms with Crippen LogP contribution in [-0.4, -0.2) is 37.0 Å². The van der Waals surface area contributed by atoms with Gasteiger partial charge in [0.25, 0.3) is 5.91 Å². The standard InChI is InChI=1S/C16H20F2N4O2/c17-10-3-4-11(12(18)7-10)15(23)19-5-6-20-16(24)14-8-13(21-22-14)9-1-2-9/h3-4,7,9,13-14,21-22H,1-2,5-6,8H2,(H,19,23)(H,20,24). The number of hydrazine groups is 1. The molecule has 2 unspecified atom stereocenters. The first-order chi connectivity index (χ1) is 11.5. The molecule has 1 aliphatic heterocycles. The van der Waals surface area contributed by atoms with Crippen LogP contribution >= 0.6 is 0 Å². The highest BCUT2D eigenvalue weighted by Crippen LogP contribution is 2.35. The minimum absolute atomic E-state index is 0.132. The van der Waals surface area contributed by atoms with Crippen LogP contribution in [0.15, 0.2) is 18.2 Å². The molecule has 2 fully saturated rings. The minimum atomic E-state index is -0.913. The maximum Gasteiger partial charge on any atom is 0.254 e. The molecular weight excluding hydrogens is 318 g/mol. The lowest BCUT2D eigenvalue weighted by Crippen LogP contribution is -2.45. The van der Waals surface area contributed by atoms with Crippen LogP contribution in [0.1, 0.15) is 29.6 Å². The molecule has 24 heavy (non-hydrogen) atoms. The van der Waals surface area contributed by atoms with E-state index in [1.165, 1.54) is 12.8 Å². The number of carbonyl (C=O) groups excluding carboxylic acids is 2. The topological polar surface area (TPSA) is 82.3 Å². The van der Waals surface area contributed by atoms with E-state index in [1.54, 1.807) is 0 Å². The summed E-state index contributed by atoms with van der Waals surface area (Å²) in [6.45, 7) is 0.396. The van der Waals surface area contributed by atoms with Gasteiger partial charge in [0.05, 0.1) is 5.56 Å². The quantitative estimate of drug-likeness (QED) is 0.568. The van der Waals surface area contributed by atoms with Gasteiger partial charge in [-0.3, -0.25) is 15.0 Å². The fourth-order valence-electron chi connectivity index (χ4n) is 2.81. The Bertz CT molecular complexity index is 637. The number of benzene rings is 1. The Hall–Kier alpha value is -2.06. The van der Waals surface area contributed by atoms with E-state index >= 15 is 0 Å². The van der Waals surface area contributed by atoms with Gasteiger partial charge in [0, 0.05) is 25.2 Å². The van der Waals surface area contributed by atoms with Crippen LogP contribution in [0.5, 0.6) is 0 Å². The zero-order chi connectivity index (χ0) is 17.1. The fourth-order valence-corrected chi connectivity index (χ4v) is 2.81. The third kappa shape index (κ3) is 4.07. The summed E-state index contributed by atoms with van der Waals surface area (Å²) in [4.78, 5) is 23.8. The molecule has 4 N–H and O–H groups in total. The summed E-state index contributed by atoms with van der Waals surface area (Å²) < 4.78 is 26.3. The Kier molecular flexibility index (Phi) is 5.06. The predicted molar refractivity (Wildman–Crippen MR) is 82.9 cm³/mol. The van der Waals surface area contributed by atoms with E-state index in [0.29, 0.717) is 18.0 Å². The molecule has 1 heterocycles. The summed E-state index contributed by atoms with van der Waals surface area (Å²) in [5.41, 5.74) is 5.89. The van der Waals surface area contributed by atoms with Crippen LogP contribution < -0.4 is 21.5 Å². The molecule has 0 aromatic heterocycles. The van der Waals surface area contributed by atoms with E-state index in [9.17, 15) is 18.4 Å². The molecular formula is C16H20F2N4O2. The maximum absolute atomic E-state index is 13.5. The van der Waals surface area contributed by atoms with Crippen molar-refractivity contribution in [3.8, 4) is 0 Å². The molecule has 6 nitrogen and oxygen atoms in total. The first-order valence-electron chi connectivity index (χ1n) is 8.06. The normalized spacial score (nSPS) is 23.1. The molecule has 1 aromatic carbocycles. The average Bonchev–Trinajstić information content (AvgIpc) is 3.28. The largest absolute Gasteiger partial charge is 0.353 e. The Morgan fingerprint density at radius 1 is 1.12 bits per heavy atom. The lowest BCUT2D eigenvalue weighted by atomic mass is 10.1. The van der Waals surface area contributed by atoms with Crippen molar-refractivity contribution in [3.05, 3.63) is 35.4 Å². The van der Waals surface area contributed by atoms with E-state index in [4.69, 9.17) is 0 Å². The van der Waals surface area contributed by atoms with Crippen molar-refractivity contribution in [2.45, 2.75) is 31.3 Å². The molecule has 2 aliphatic rings. The van der Waals surface area contributed by atoms with E-state index < -0.39 is 17.5 Å². The molecule has 1 aliphatic carbocycles. The second-order valence-electron chi connectivity index (χ2n) is 6.19. The summed E-state index contributed by atoms with van der Waals surface area (Å²) in [6.07, 6.45) is 3.17. The van der Waals surface area contributed by atoms with Crippen molar-refractivity contribution in [1.29, 1.82) is 0 Å². The van der Waals surface area contributed by atoms with Crippen molar-refractivity contribution in [2.24, 2.45) is 5.92 Å². The molecule has 0 radical (unpaired) electrons. The Morgan fingerprint density at radius 3 is 2.58 bits per heavy atom. The second-order valence-corrected chi connectivity index (χ2v) is 6.19. The monoisotopic (exact) mass is 338 g/mol. The molecule has 1 aromatic rings. The molecule has 2 atom stereocenters. The van der Waals surface area contributed by atoms with Crippen molar-refractivity contribution in [2.75, 3.05) is 13.1 Å². The lowest BCUT2D eigenvalue weighted by Gasteiger charge is -2.11. The van der Waals surface area contributed by atoms with Gasteiger partial charge in [-0.2, -0.15) is 0 Å². The molecule has 3 rings (SSSR count). The number of carbonyl (C=O) groups is 2. The number of hydrogen-bond acceptors (Lipinski definition) is 4. The van der Waals surface area contributed by atoms with Gasteiger partial charge in [-0.15, -0.1) is 0 Å². The molecule has 130 valence electrons. The maximum atomic E-state index is 13.5. The second kappa shape index (κ2) is 7.23. The van der Waals surface area contributed by atoms with Crippen molar-refractivity contribution < 1.29 is 18.4 Å². The predicted octanol–water partition coefficient (Wildman–Crippen LogP) is 0.456. The number of amides is 2. The summed E-state index contributed by atoms with van der Waals surface area (Å²) in [7, 11) is 0. The number of rotatable bonds is 6. The van der Waals surface area contributed by atoms with Crippen LogP contribution in [0.4, 0.5) is 8.78 Å². The van der Waals surface area contributed by atoms with Gasteiger partial charge in [0.15, 0.2) is 0 Å². The smallest absolute Gasteiger partial charge is 0.254 e. The zero-order valence-corrected chi connectivity index (χ0v) is 13.1. The van der Waals surface area contributed by atoms with Crippen LogP contribution in [0.3, 0.4) is 0 Å². The first-order valence-corrected chi connectivity index (χ1v) is 8.06. The van der Waals surface area contributed by atoms with Crippen molar-refractivity contribution in [3.63, 3.8) is 0 Å². The summed E-state index contributed by atoms with van der Waals surface area (Å²) in [5.74, 6) is -1.76. The molecule has 2 amide bonds. The third-order valence-electron chi connectivity index (χ3n) is 4.33. The van der Waals surface area contributed by atoms with Crippen LogP contribution in [-0.2, 0) is 4.79 Å². The Balaban J connectivity index is 1.37. The molecule has 0 spiro atoms. The Labute approximate surface area is 138 Å². The van der Waals surface area contributed by atoms with Gasteiger partial charge in [0.1, 0.15) is 17.7 Å². The van der Waals surface area contributed by atoms with E-state index in [0.717, 1.165) is 18.6 Å². The highest BCUT2D eigenvalue weighted by Gasteiger charge is 2.38. The van der Waals surface area contributed by atoms with Gasteiger partial charge in [-0.1, -0.05) is 0 Å². The first kappa shape index (κ1) is 16.8. The van der Waals surface area contributed by atoms with E-state index in [1.807, 2.05) is 0 Å². The van der Waals surface area contributed by atoms with Gasteiger partial charge in [0.2, 0.25) is 5.91 Å². The lowest BCUT2D eigenvalue weighted by molar-refractivity contribution is -0.122. The fraction of sp³-hybridized carbons (Fsp3) is 0.500. The van der Waals surface area contributed by atoms with Crippen LogP contribution in [0.25, 0.3) is 0 Å². The number of halogens is 2. The zero-order valence-electron chi connectivity index (χ0n) is 13.1. The number of hydrogen-bond donors (Lipinski definition) is 4. The third-order valence-corrected chi connectivity index (χ3v) is 4.33. The minimum Gasteiger partial charge on any atom is -0.353 e. The van der Waals surface area contributed by atoms with Gasteiger partial charge in [-0.05, 0) is 37.3 Å². The summed E-state index contributed by atoms with van der Waals surface area (Å²) in [5, 5.41) is 5.22. The highest BCUT2D eigenvalue weighted by atomic mass is 19.1. The number of nitrogens with one attached hydrogen (secondary N) is 4. The molecule has 1 saturated heterocycles. The SMILES string of the molecule is O=C(NCCNC(=O)C1CC(C2CC2)NN1)c1ccc(F)cc1F. The van der Waals surface area contributed by atoms with Crippen molar-refractivity contribution in [1.82, 2.24) is 21.5 Å². The molecule has 0 bridgehead atoms. The van der Waals surface area contributed by atoms with E-state index in [2.05, 4.69) is 21.5 Å². The van der Waals surface area contributed by atoms with Crippen LogP contribution in [0.2, 0.25) is 0 Å².